The quantitative estimate of drug-likeness (QED) is 0.348. The lowest BCUT2D eigenvalue weighted by Gasteiger charge is -2.25. The van der Waals surface area contributed by atoms with Gasteiger partial charge in [-0.05, 0) is 42.3 Å². The van der Waals surface area contributed by atoms with Crippen LogP contribution in [0.1, 0.15) is 30.1 Å². The van der Waals surface area contributed by atoms with Gasteiger partial charge in [-0.25, -0.2) is 10.4 Å². The second kappa shape index (κ2) is 10.7. The summed E-state index contributed by atoms with van der Waals surface area (Å²) in [6, 6.07) is 26.1. The van der Waals surface area contributed by atoms with Crippen molar-refractivity contribution in [1.29, 1.82) is 0 Å². The van der Waals surface area contributed by atoms with Gasteiger partial charge in [-0.15, -0.1) is 0 Å². The zero-order chi connectivity index (χ0) is 26.9. The number of hydrogen-bond acceptors (Lipinski definition) is 6. The maximum Gasteiger partial charge on any atom is 0.270 e. The first kappa shape index (κ1) is 25.5. The minimum absolute atomic E-state index is 0.0331. The number of nitrogens with one attached hydrogen (secondary N) is 3. The van der Waals surface area contributed by atoms with Crippen molar-refractivity contribution in [2.24, 2.45) is 10.9 Å². The highest BCUT2D eigenvalue weighted by molar-refractivity contribution is 7.07. The number of hydrazine groups is 1. The molecule has 39 heavy (non-hydrogen) atoms. The van der Waals surface area contributed by atoms with Crippen LogP contribution in [0, 0.1) is 5.92 Å². The van der Waals surface area contributed by atoms with Crippen molar-refractivity contribution < 1.29 is 4.79 Å². The molecule has 3 atom stereocenters. The van der Waals surface area contributed by atoms with Crippen molar-refractivity contribution in [3.05, 3.63) is 132 Å². The molecule has 6 rings (SSSR count). The molecule has 2 aliphatic heterocycles. The van der Waals surface area contributed by atoms with Crippen LogP contribution in [0.4, 0.5) is 5.69 Å². The lowest BCUT2D eigenvalue weighted by Crippen LogP contribution is -2.40. The summed E-state index contributed by atoms with van der Waals surface area (Å²) in [6.07, 6.45) is 2.02. The number of carbonyl (C=O) groups excluding carboxylic acids is 1. The number of anilines is 1. The van der Waals surface area contributed by atoms with E-state index in [0.29, 0.717) is 37.9 Å². The van der Waals surface area contributed by atoms with Gasteiger partial charge in [0, 0.05) is 23.2 Å². The van der Waals surface area contributed by atoms with E-state index in [1.54, 1.807) is 16.7 Å². The molecular formula is C30H26ClN5O2S. The van der Waals surface area contributed by atoms with Gasteiger partial charge in [-0.2, -0.15) is 0 Å². The van der Waals surface area contributed by atoms with Crippen molar-refractivity contribution in [3.63, 3.8) is 0 Å². The molecule has 2 aliphatic rings. The third-order valence-corrected chi connectivity index (χ3v) is 8.28. The molecule has 0 spiro atoms. The first-order valence-electron chi connectivity index (χ1n) is 12.7. The number of halogens is 1. The SMILES string of the molecule is CC1=C(C(=O)Nc2ccccc2)C(c2ccc(Cl)cc2)n2c(s/c(=C/C3CNNC3c3ccccc3)c2=O)=N1. The molecule has 1 aromatic heterocycles. The van der Waals surface area contributed by atoms with Crippen molar-refractivity contribution in [2.75, 3.05) is 11.9 Å². The van der Waals surface area contributed by atoms with E-state index in [4.69, 9.17) is 16.6 Å². The Kier molecular flexibility index (Phi) is 7.01. The molecule has 3 N–H and O–H groups in total. The number of fused-ring (bicyclic) bond motifs is 1. The predicted molar refractivity (Wildman–Crippen MR) is 155 cm³/mol. The first-order chi connectivity index (χ1) is 19.0. The molecule has 3 unspecified atom stereocenters. The van der Waals surface area contributed by atoms with Gasteiger partial charge < -0.3 is 5.32 Å². The van der Waals surface area contributed by atoms with Crippen LogP contribution >= 0.6 is 22.9 Å². The van der Waals surface area contributed by atoms with E-state index >= 15 is 0 Å². The minimum Gasteiger partial charge on any atom is -0.322 e. The Balaban J connectivity index is 1.45. The van der Waals surface area contributed by atoms with Crippen molar-refractivity contribution in [3.8, 4) is 0 Å². The van der Waals surface area contributed by atoms with E-state index in [1.165, 1.54) is 11.3 Å². The van der Waals surface area contributed by atoms with Crippen molar-refractivity contribution in [2.45, 2.75) is 19.0 Å². The summed E-state index contributed by atoms with van der Waals surface area (Å²) < 4.78 is 2.24. The summed E-state index contributed by atoms with van der Waals surface area (Å²) in [5.41, 5.74) is 9.99. The maximum atomic E-state index is 14.0. The molecular weight excluding hydrogens is 530 g/mol. The largest absolute Gasteiger partial charge is 0.322 e. The predicted octanol–water partition coefficient (Wildman–Crippen LogP) is 3.94. The first-order valence-corrected chi connectivity index (χ1v) is 13.9. The molecule has 7 nitrogen and oxygen atoms in total. The third kappa shape index (κ3) is 4.99. The number of hydrogen-bond donors (Lipinski definition) is 3. The van der Waals surface area contributed by atoms with Crippen molar-refractivity contribution >= 4 is 40.6 Å². The van der Waals surface area contributed by atoms with Crippen LogP contribution in [0.5, 0.6) is 0 Å². The summed E-state index contributed by atoms with van der Waals surface area (Å²) in [7, 11) is 0. The number of allylic oxidation sites excluding steroid dienone is 1. The zero-order valence-corrected chi connectivity index (χ0v) is 22.7. The van der Waals surface area contributed by atoms with Gasteiger partial charge in [0.1, 0.15) is 0 Å². The summed E-state index contributed by atoms with van der Waals surface area (Å²) in [4.78, 5) is 32.9. The number of thiazole rings is 1. The van der Waals surface area contributed by atoms with Crippen LogP contribution in [-0.2, 0) is 4.79 Å². The number of benzene rings is 3. The fraction of sp³-hybridized carbons (Fsp3) is 0.167. The van der Waals surface area contributed by atoms with Crippen LogP contribution in [-0.4, -0.2) is 17.0 Å². The number of amides is 1. The van der Waals surface area contributed by atoms with Gasteiger partial charge in [0.2, 0.25) is 0 Å². The molecule has 0 saturated carbocycles. The molecule has 0 aliphatic carbocycles. The fourth-order valence-electron chi connectivity index (χ4n) is 5.16. The molecule has 3 aromatic carbocycles. The highest BCUT2D eigenvalue weighted by Crippen LogP contribution is 2.32. The Morgan fingerprint density at radius 2 is 1.72 bits per heavy atom. The molecule has 196 valence electrons. The molecule has 3 heterocycles. The number of carbonyl (C=O) groups is 1. The third-order valence-electron chi connectivity index (χ3n) is 7.03. The number of aromatic nitrogens is 1. The molecule has 0 radical (unpaired) electrons. The molecule has 4 aromatic rings. The summed E-state index contributed by atoms with van der Waals surface area (Å²) >= 11 is 7.54. The topological polar surface area (TPSA) is 87.5 Å². The number of para-hydroxylation sites is 1. The van der Waals surface area contributed by atoms with E-state index in [0.717, 1.165) is 11.1 Å². The number of nitrogens with zero attached hydrogens (tertiary/aromatic N) is 2. The molecule has 9 heteroatoms. The Morgan fingerprint density at radius 3 is 2.44 bits per heavy atom. The minimum atomic E-state index is -0.644. The van der Waals surface area contributed by atoms with E-state index in [1.807, 2.05) is 73.7 Å². The Hall–Kier alpha value is -3.82. The standard InChI is InChI=1S/C30H26ClN5O2S/c1-18-25(28(37)34-23-10-6-3-7-11-23)27(20-12-14-22(31)15-13-20)36-29(38)24(39-30(36)33-18)16-21-17-32-35-26(21)19-8-4-2-5-9-19/h2-16,21,26-27,32,35H,17H2,1H3,(H,34,37)/b24-16+. The second-order valence-corrected chi connectivity index (χ2v) is 11.0. The lowest BCUT2D eigenvalue weighted by atomic mass is 9.94. The van der Waals surface area contributed by atoms with Crippen LogP contribution in [0.2, 0.25) is 5.02 Å². The fourth-order valence-corrected chi connectivity index (χ4v) is 6.38. The van der Waals surface area contributed by atoms with Gasteiger partial charge in [-0.3, -0.25) is 19.6 Å². The Morgan fingerprint density at radius 1 is 1.03 bits per heavy atom. The van der Waals surface area contributed by atoms with Crippen LogP contribution < -0.4 is 31.1 Å². The molecule has 0 bridgehead atoms. The molecule has 1 saturated heterocycles. The summed E-state index contributed by atoms with van der Waals surface area (Å²) in [6.45, 7) is 2.50. The van der Waals surface area contributed by atoms with Crippen LogP contribution in [0.3, 0.4) is 0 Å². The van der Waals surface area contributed by atoms with Gasteiger partial charge in [0.25, 0.3) is 11.5 Å². The molecule has 1 amide bonds. The van der Waals surface area contributed by atoms with Gasteiger partial charge >= 0.3 is 0 Å². The second-order valence-electron chi connectivity index (χ2n) is 9.55. The van der Waals surface area contributed by atoms with Gasteiger partial charge in [0.05, 0.1) is 27.9 Å². The normalized spacial score (nSPS) is 21.0. The van der Waals surface area contributed by atoms with Gasteiger partial charge in [0.15, 0.2) is 4.80 Å². The smallest absolute Gasteiger partial charge is 0.270 e. The monoisotopic (exact) mass is 555 g/mol. The number of rotatable bonds is 5. The maximum absolute atomic E-state index is 14.0. The van der Waals surface area contributed by atoms with E-state index in [2.05, 4.69) is 28.3 Å². The molecule has 1 fully saturated rings. The summed E-state index contributed by atoms with van der Waals surface area (Å²) in [5.74, 6) is -0.241. The Bertz CT molecular complexity index is 1730. The van der Waals surface area contributed by atoms with E-state index < -0.39 is 6.04 Å². The highest BCUT2D eigenvalue weighted by Gasteiger charge is 2.33. The van der Waals surface area contributed by atoms with Gasteiger partial charge in [-0.1, -0.05) is 89.7 Å². The van der Waals surface area contributed by atoms with E-state index in [9.17, 15) is 9.59 Å². The Labute approximate surface area is 234 Å². The zero-order valence-electron chi connectivity index (χ0n) is 21.1. The summed E-state index contributed by atoms with van der Waals surface area (Å²) in [5, 5.41) is 3.55. The highest BCUT2D eigenvalue weighted by atomic mass is 35.5. The van der Waals surface area contributed by atoms with Crippen LogP contribution in [0.25, 0.3) is 6.08 Å². The average molecular weight is 556 g/mol. The lowest BCUT2D eigenvalue weighted by molar-refractivity contribution is -0.113. The van der Waals surface area contributed by atoms with Crippen molar-refractivity contribution in [1.82, 2.24) is 15.4 Å². The average Bonchev–Trinajstić information content (AvgIpc) is 3.53. The van der Waals surface area contributed by atoms with E-state index in [-0.39, 0.29) is 23.4 Å². The van der Waals surface area contributed by atoms with Crippen LogP contribution in [0.15, 0.2) is 106 Å².